The molecule has 3 nitrogen and oxygen atoms in total. The van der Waals surface area contributed by atoms with Crippen LogP contribution in [-0.4, -0.2) is 9.55 Å². The molecule has 0 spiro atoms. The molecular weight excluding hydrogens is 248 g/mol. The van der Waals surface area contributed by atoms with Gasteiger partial charge < -0.3 is 0 Å². The van der Waals surface area contributed by atoms with Crippen molar-refractivity contribution in [2.45, 2.75) is 39.5 Å². The van der Waals surface area contributed by atoms with Crippen LogP contribution in [0.5, 0.6) is 0 Å². The Balaban J connectivity index is 2.44. The first-order chi connectivity index (χ1) is 9.31. The van der Waals surface area contributed by atoms with Gasteiger partial charge in [0.2, 0.25) is 0 Å². The molecule has 1 aromatic heterocycles. The average Bonchev–Trinajstić information content (AvgIpc) is 2.34. The molecule has 0 bridgehead atoms. The molecule has 2 aromatic rings. The van der Waals surface area contributed by atoms with Crippen molar-refractivity contribution in [3.05, 3.63) is 51.1 Å². The molecular formula is C17H20N2O. The van der Waals surface area contributed by atoms with E-state index in [2.05, 4.69) is 39.0 Å². The Morgan fingerprint density at radius 1 is 1.25 bits per heavy atom. The predicted molar refractivity (Wildman–Crippen MR) is 81.1 cm³/mol. The van der Waals surface area contributed by atoms with E-state index in [0.29, 0.717) is 0 Å². The van der Waals surface area contributed by atoms with E-state index in [1.807, 2.05) is 6.92 Å². The molecule has 0 atom stereocenters. The second-order valence-electron chi connectivity index (χ2n) is 6.47. The molecule has 0 fully saturated rings. The minimum atomic E-state index is -0.175. The Labute approximate surface area is 119 Å². The second-order valence-corrected chi connectivity index (χ2v) is 6.47. The minimum absolute atomic E-state index is 0.0868. The van der Waals surface area contributed by atoms with Crippen molar-refractivity contribution < 1.29 is 0 Å². The number of hydrogen-bond acceptors (Lipinski definition) is 2. The fourth-order valence-electron chi connectivity index (χ4n) is 3.18. The largest absolute Gasteiger partial charge is 0.300 e. The second kappa shape index (κ2) is 4.05. The van der Waals surface area contributed by atoms with Crippen LogP contribution in [0.2, 0.25) is 0 Å². The van der Waals surface area contributed by atoms with E-state index in [1.165, 1.54) is 11.1 Å². The Morgan fingerprint density at radius 2 is 1.95 bits per heavy atom. The highest BCUT2D eigenvalue weighted by Crippen LogP contribution is 2.40. The van der Waals surface area contributed by atoms with Crippen molar-refractivity contribution in [3.63, 3.8) is 0 Å². The Morgan fingerprint density at radius 3 is 2.65 bits per heavy atom. The normalized spacial score (nSPS) is 15.7. The lowest BCUT2D eigenvalue weighted by Gasteiger charge is -2.33. The van der Waals surface area contributed by atoms with Crippen molar-refractivity contribution in [1.29, 1.82) is 0 Å². The zero-order valence-corrected chi connectivity index (χ0v) is 12.7. The molecule has 20 heavy (non-hydrogen) atoms. The van der Waals surface area contributed by atoms with E-state index in [0.717, 1.165) is 29.1 Å². The Hall–Kier alpha value is -1.90. The van der Waals surface area contributed by atoms with E-state index in [4.69, 9.17) is 4.98 Å². The molecule has 0 aliphatic heterocycles. The molecule has 1 heterocycles. The zero-order chi connectivity index (χ0) is 14.7. The maximum absolute atomic E-state index is 12.6. The van der Waals surface area contributed by atoms with Crippen molar-refractivity contribution in [2.24, 2.45) is 7.05 Å². The lowest BCUT2D eigenvalue weighted by Crippen LogP contribution is -2.37. The number of rotatable bonds is 0. The monoisotopic (exact) mass is 268 g/mol. The highest BCUT2D eigenvalue weighted by Gasteiger charge is 2.35. The summed E-state index contributed by atoms with van der Waals surface area (Å²) in [5.41, 5.74) is 5.30. The Bertz CT molecular complexity index is 769. The van der Waals surface area contributed by atoms with Gasteiger partial charge in [-0.05, 0) is 25.8 Å². The summed E-state index contributed by atoms with van der Waals surface area (Å²) in [6.07, 6.45) is 0.886. The van der Waals surface area contributed by atoms with E-state index in [1.54, 1.807) is 11.6 Å². The third kappa shape index (κ3) is 1.73. The third-order valence-corrected chi connectivity index (χ3v) is 4.34. The highest BCUT2D eigenvalue weighted by molar-refractivity contribution is 5.71. The standard InChI is InChI=1S/C17H20N2O/c1-10-6-7-13-12(8-10)9-17(3,4)14-15(13)18-11(2)19(5)16(14)20/h6-8H,9H2,1-5H3. The van der Waals surface area contributed by atoms with Gasteiger partial charge >= 0.3 is 0 Å². The van der Waals surface area contributed by atoms with E-state index in [9.17, 15) is 4.79 Å². The number of aromatic nitrogens is 2. The fraction of sp³-hybridized carbons (Fsp3) is 0.412. The first kappa shape index (κ1) is 13.1. The molecule has 1 aliphatic rings. The maximum atomic E-state index is 12.6. The quantitative estimate of drug-likeness (QED) is 0.736. The first-order valence-electron chi connectivity index (χ1n) is 6.99. The molecule has 0 amide bonds. The number of nitrogens with zero attached hydrogens (tertiary/aromatic N) is 2. The van der Waals surface area contributed by atoms with Gasteiger partial charge in [-0.1, -0.05) is 37.6 Å². The van der Waals surface area contributed by atoms with Crippen LogP contribution in [-0.2, 0) is 18.9 Å². The number of fused-ring (bicyclic) bond motifs is 3. The van der Waals surface area contributed by atoms with E-state index >= 15 is 0 Å². The predicted octanol–water partition coefficient (Wildman–Crippen LogP) is 2.90. The van der Waals surface area contributed by atoms with Crippen LogP contribution >= 0.6 is 0 Å². The van der Waals surface area contributed by atoms with Crippen LogP contribution in [0.25, 0.3) is 11.3 Å². The summed E-state index contributed by atoms with van der Waals surface area (Å²) in [5.74, 6) is 0.762. The summed E-state index contributed by atoms with van der Waals surface area (Å²) in [6.45, 7) is 8.26. The van der Waals surface area contributed by atoms with E-state index < -0.39 is 0 Å². The van der Waals surface area contributed by atoms with Crippen molar-refractivity contribution >= 4 is 0 Å². The third-order valence-electron chi connectivity index (χ3n) is 4.34. The van der Waals surface area contributed by atoms with Gasteiger partial charge in [0.05, 0.1) is 5.69 Å². The molecule has 0 radical (unpaired) electrons. The summed E-state index contributed by atoms with van der Waals surface area (Å²) in [4.78, 5) is 17.4. The highest BCUT2D eigenvalue weighted by atomic mass is 16.1. The van der Waals surface area contributed by atoms with Crippen LogP contribution in [0, 0.1) is 13.8 Å². The van der Waals surface area contributed by atoms with Crippen molar-refractivity contribution in [1.82, 2.24) is 9.55 Å². The minimum Gasteiger partial charge on any atom is -0.300 e. The van der Waals surface area contributed by atoms with Crippen LogP contribution < -0.4 is 5.56 Å². The van der Waals surface area contributed by atoms with Crippen molar-refractivity contribution in [3.8, 4) is 11.3 Å². The molecule has 104 valence electrons. The first-order valence-corrected chi connectivity index (χ1v) is 6.99. The SMILES string of the molecule is Cc1ccc2c(c1)CC(C)(C)c1c-2nc(C)n(C)c1=O. The lowest BCUT2D eigenvalue weighted by atomic mass is 9.72. The van der Waals surface area contributed by atoms with Crippen LogP contribution in [0.3, 0.4) is 0 Å². The van der Waals surface area contributed by atoms with E-state index in [-0.39, 0.29) is 11.0 Å². The van der Waals surface area contributed by atoms with Gasteiger partial charge in [-0.15, -0.1) is 0 Å². The molecule has 0 unspecified atom stereocenters. The summed E-state index contributed by atoms with van der Waals surface area (Å²) in [6, 6.07) is 6.41. The lowest BCUT2D eigenvalue weighted by molar-refractivity contribution is 0.499. The summed E-state index contributed by atoms with van der Waals surface area (Å²) >= 11 is 0. The smallest absolute Gasteiger partial charge is 0.257 e. The number of hydrogen-bond donors (Lipinski definition) is 0. The average molecular weight is 268 g/mol. The Kier molecular flexibility index (Phi) is 2.65. The van der Waals surface area contributed by atoms with Gasteiger partial charge in [-0.25, -0.2) is 4.98 Å². The van der Waals surface area contributed by atoms with Crippen LogP contribution in [0.4, 0.5) is 0 Å². The van der Waals surface area contributed by atoms with Crippen LogP contribution in [0.15, 0.2) is 23.0 Å². The van der Waals surface area contributed by atoms with Crippen LogP contribution in [0.1, 0.15) is 36.4 Å². The topological polar surface area (TPSA) is 34.9 Å². The van der Waals surface area contributed by atoms with Gasteiger partial charge in [0.1, 0.15) is 5.82 Å². The van der Waals surface area contributed by atoms with Gasteiger partial charge in [-0.2, -0.15) is 0 Å². The summed E-state index contributed by atoms with van der Waals surface area (Å²) < 4.78 is 1.65. The van der Waals surface area contributed by atoms with Gasteiger partial charge in [-0.3, -0.25) is 9.36 Å². The molecule has 1 aliphatic carbocycles. The molecule has 0 saturated carbocycles. The van der Waals surface area contributed by atoms with Crippen molar-refractivity contribution in [2.75, 3.05) is 0 Å². The zero-order valence-electron chi connectivity index (χ0n) is 12.7. The molecule has 3 rings (SSSR count). The fourth-order valence-corrected chi connectivity index (χ4v) is 3.18. The number of aryl methyl sites for hydroxylation is 2. The molecule has 0 saturated heterocycles. The number of benzene rings is 1. The van der Waals surface area contributed by atoms with Gasteiger partial charge in [0, 0.05) is 23.6 Å². The molecule has 0 N–H and O–H groups in total. The van der Waals surface area contributed by atoms with Gasteiger partial charge in [0.15, 0.2) is 0 Å². The summed E-state index contributed by atoms with van der Waals surface area (Å²) in [5, 5.41) is 0. The summed E-state index contributed by atoms with van der Waals surface area (Å²) in [7, 11) is 1.80. The molecule has 3 heteroatoms. The van der Waals surface area contributed by atoms with Gasteiger partial charge in [0.25, 0.3) is 5.56 Å². The molecule has 1 aromatic carbocycles. The maximum Gasteiger partial charge on any atom is 0.257 e.